The van der Waals surface area contributed by atoms with Crippen LogP contribution in [-0.2, 0) is 33.6 Å². The predicted octanol–water partition coefficient (Wildman–Crippen LogP) is 1.27. The maximum atomic E-state index is 13.8. The van der Waals surface area contributed by atoms with E-state index in [0.29, 0.717) is 25.9 Å². The smallest absolute Gasteiger partial charge is 0.326 e. The summed E-state index contributed by atoms with van der Waals surface area (Å²) in [5.74, 6) is -7.12. The van der Waals surface area contributed by atoms with Crippen molar-refractivity contribution >= 4 is 41.5 Å². The molecule has 0 radical (unpaired) electrons. The summed E-state index contributed by atoms with van der Waals surface area (Å²) in [5, 5.41) is 29.6. The van der Waals surface area contributed by atoms with E-state index >= 15 is 0 Å². The Hall–Kier alpha value is -3.71. The molecule has 256 valence electrons. The molecule has 4 atom stereocenters. The zero-order valence-electron chi connectivity index (χ0n) is 27.9. The van der Waals surface area contributed by atoms with Gasteiger partial charge in [-0.3, -0.25) is 28.8 Å². The number of carboxylic acids is 2. The molecule has 0 aromatic rings. The van der Waals surface area contributed by atoms with E-state index in [9.17, 15) is 43.8 Å². The van der Waals surface area contributed by atoms with E-state index in [1.807, 2.05) is 13.8 Å². The number of amides is 5. The van der Waals surface area contributed by atoms with Crippen LogP contribution in [0.3, 0.4) is 0 Å². The largest absolute Gasteiger partial charge is 0.481 e. The standard InChI is InChI=1S/C31H53N5O9/c1-9-19(10-2)25(38)34-23(18(5)6)27(40)32-20(16-22(37)36-13-11-12-14-36)26(39)35-24(31(7,8)30(44)45)28(41)33-21(29(42)43)15-17(3)4/h17-21,23-24H,9-16H2,1-8H3,(H,32,40)(H,33,41)(H,34,38)(H,35,39)(H,42,43)(H,44,45)/t20-,21-,23-,24+/m0/s1. The third kappa shape index (κ3) is 11.6. The molecule has 0 saturated carbocycles. The van der Waals surface area contributed by atoms with E-state index in [1.165, 1.54) is 13.8 Å². The SMILES string of the molecule is CCC(CC)C(=O)N[C@H](C(=O)N[C@@H](CC(=O)N1CCCC1)C(=O)N[C@H](C(=O)N[C@@H](CC(C)C)C(=O)O)C(C)(C)C(=O)O)C(C)C. The molecule has 1 fully saturated rings. The number of carboxylic acid groups (broad SMARTS) is 2. The number of hydrogen-bond acceptors (Lipinski definition) is 7. The average molecular weight is 640 g/mol. The van der Waals surface area contributed by atoms with Crippen LogP contribution in [0.4, 0.5) is 0 Å². The normalized spacial score (nSPS) is 16.1. The van der Waals surface area contributed by atoms with Gasteiger partial charge in [0.05, 0.1) is 11.8 Å². The van der Waals surface area contributed by atoms with Crippen molar-refractivity contribution in [3.05, 3.63) is 0 Å². The summed E-state index contributed by atoms with van der Waals surface area (Å²) in [5.41, 5.74) is -1.92. The fourth-order valence-electron chi connectivity index (χ4n) is 5.09. The van der Waals surface area contributed by atoms with E-state index in [0.717, 1.165) is 12.8 Å². The zero-order chi connectivity index (χ0) is 34.6. The van der Waals surface area contributed by atoms with Crippen molar-refractivity contribution in [2.75, 3.05) is 13.1 Å². The third-order valence-corrected chi connectivity index (χ3v) is 8.22. The lowest BCUT2D eigenvalue weighted by Gasteiger charge is -2.33. The van der Waals surface area contributed by atoms with Gasteiger partial charge in [-0.1, -0.05) is 41.5 Å². The molecule has 1 aliphatic heterocycles. The van der Waals surface area contributed by atoms with Crippen LogP contribution < -0.4 is 21.3 Å². The Morgan fingerprint density at radius 1 is 0.733 bits per heavy atom. The molecule has 45 heavy (non-hydrogen) atoms. The van der Waals surface area contributed by atoms with Crippen LogP contribution in [0.1, 0.15) is 93.9 Å². The molecule has 5 amide bonds. The molecule has 14 heteroatoms. The van der Waals surface area contributed by atoms with Gasteiger partial charge in [-0.15, -0.1) is 0 Å². The minimum atomic E-state index is -1.92. The summed E-state index contributed by atoms with van der Waals surface area (Å²) in [4.78, 5) is 92.2. The second kappa shape index (κ2) is 17.7. The van der Waals surface area contributed by atoms with Crippen LogP contribution in [-0.4, -0.2) is 93.8 Å². The third-order valence-electron chi connectivity index (χ3n) is 8.22. The molecule has 14 nitrogen and oxygen atoms in total. The first kappa shape index (κ1) is 39.3. The summed E-state index contributed by atoms with van der Waals surface area (Å²) >= 11 is 0. The van der Waals surface area contributed by atoms with Gasteiger partial charge in [0.1, 0.15) is 24.2 Å². The van der Waals surface area contributed by atoms with Gasteiger partial charge < -0.3 is 36.4 Å². The van der Waals surface area contributed by atoms with Gasteiger partial charge in [0.15, 0.2) is 0 Å². The van der Waals surface area contributed by atoms with Crippen molar-refractivity contribution in [2.24, 2.45) is 23.2 Å². The molecular weight excluding hydrogens is 586 g/mol. The molecule has 1 rings (SSSR count). The Labute approximate surface area is 265 Å². The quantitative estimate of drug-likeness (QED) is 0.127. The Balaban J connectivity index is 3.41. The number of nitrogens with zero attached hydrogens (tertiary/aromatic N) is 1. The fourth-order valence-corrected chi connectivity index (χ4v) is 5.09. The van der Waals surface area contributed by atoms with E-state index in [2.05, 4.69) is 21.3 Å². The lowest BCUT2D eigenvalue weighted by Crippen LogP contribution is -2.63. The van der Waals surface area contributed by atoms with Gasteiger partial charge in [-0.05, 0) is 57.8 Å². The van der Waals surface area contributed by atoms with Crippen molar-refractivity contribution < 1.29 is 43.8 Å². The van der Waals surface area contributed by atoms with Crippen molar-refractivity contribution in [1.29, 1.82) is 0 Å². The molecule has 6 N–H and O–H groups in total. The van der Waals surface area contributed by atoms with Gasteiger partial charge in [0.2, 0.25) is 29.5 Å². The Bertz CT molecular complexity index is 1080. The van der Waals surface area contributed by atoms with Crippen LogP contribution >= 0.6 is 0 Å². The zero-order valence-corrected chi connectivity index (χ0v) is 27.9. The van der Waals surface area contributed by atoms with Gasteiger partial charge in [0, 0.05) is 19.0 Å². The number of hydrogen-bond donors (Lipinski definition) is 6. The number of carbonyl (C=O) groups is 7. The van der Waals surface area contributed by atoms with Crippen molar-refractivity contribution in [1.82, 2.24) is 26.2 Å². The summed E-state index contributed by atoms with van der Waals surface area (Å²) < 4.78 is 0. The Morgan fingerprint density at radius 3 is 1.71 bits per heavy atom. The fraction of sp³-hybridized carbons (Fsp3) is 0.774. The predicted molar refractivity (Wildman–Crippen MR) is 166 cm³/mol. The molecule has 0 aliphatic carbocycles. The number of likely N-dealkylation sites (tertiary alicyclic amines) is 1. The van der Waals surface area contributed by atoms with Crippen LogP contribution in [0.15, 0.2) is 0 Å². The van der Waals surface area contributed by atoms with E-state index in [-0.39, 0.29) is 30.1 Å². The van der Waals surface area contributed by atoms with Crippen LogP contribution in [0.5, 0.6) is 0 Å². The van der Waals surface area contributed by atoms with E-state index < -0.39 is 71.6 Å². The van der Waals surface area contributed by atoms with Gasteiger partial charge in [-0.2, -0.15) is 0 Å². The maximum absolute atomic E-state index is 13.8. The van der Waals surface area contributed by atoms with Crippen molar-refractivity contribution in [3.8, 4) is 0 Å². The minimum Gasteiger partial charge on any atom is -0.481 e. The van der Waals surface area contributed by atoms with E-state index in [4.69, 9.17) is 0 Å². The summed E-state index contributed by atoms with van der Waals surface area (Å²) in [7, 11) is 0. The van der Waals surface area contributed by atoms with E-state index in [1.54, 1.807) is 32.6 Å². The van der Waals surface area contributed by atoms with Gasteiger partial charge in [-0.25, -0.2) is 4.79 Å². The molecule has 0 unspecified atom stereocenters. The number of carbonyl (C=O) groups excluding carboxylic acids is 5. The molecule has 1 aliphatic rings. The highest BCUT2D eigenvalue weighted by Crippen LogP contribution is 2.23. The second-order valence-electron chi connectivity index (χ2n) is 13.1. The topological polar surface area (TPSA) is 211 Å². The summed E-state index contributed by atoms with van der Waals surface area (Å²) in [6.07, 6.45) is 2.26. The lowest BCUT2D eigenvalue weighted by atomic mass is 9.83. The monoisotopic (exact) mass is 639 g/mol. The summed E-state index contributed by atoms with van der Waals surface area (Å²) in [6.45, 7) is 14.0. The first-order valence-corrected chi connectivity index (χ1v) is 15.8. The number of rotatable bonds is 18. The first-order valence-electron chi connectivity index (χ1n) is 15.8. The Morgan fingerprint density at radius 2 is 1.27 bits per heavy atom. The highest BCUT2D eigenvalue weighted by molar-refractivity contribution is 5.99. The van der Waals surface area contributed by atoms with Crippen molar-refractivity contribution in [2.45, 2.75) is 118 Å². The van der Waals surface area contributed by atoms with Crippen molar-refractivity contribution in [3.63, 3.8) is 0 Å². The highest BCUT2D eigenvalue weighted by atomic mass is 16.4. The molecule has 1 saturated heterocycles. The van der Waals surface area contributed by atoms with Gasteiger partial charge >= 0.3 is 11.9 Å². The first-order chi connectivity index (χ1) is 20.9. The lowest BCUT2D eigenvalue weighted by molar-refractivity contribution is -0.153. The molecular formula is C31H53N5O9. The molecule has 0 bridgehead atoms. The van der Waals surface area contributed by atoms with Crippen LogP contribution in [0.25, 0.3) is 0 Å². The molecule has 0 aromatic carbocycles. The van der Waals surface area contributed by atoms with Crippen LogP contribution in [0, 0.1) is 23.2 Å². The van der Waals surface area contributed by atoms with Gasteiger partial charge in [0.25, 0.3) is 0 Å². The summed E-state index contributed by atoms with van der Waals surface area (Å²) in [6, 6.07) is -5.69. The minimum absolute atomic E-state index is 0.0531. The van der Waals surface area contributed by atoms with Crippen LogP contribution in [0.2, 0.25) is 0 Å². The molecule has 1 heterocycles. The Kier molecular flexibility index (Phi) is 15.5. The maximum Gasteiger partial charge on any atom is 0.326 e. The average Bonchev–Trinajstić information content (AvgIpc) is 3.49. The second-order valence-corrected chi connectivity index (χ2v) is 13.1. The number of nitrogens with one attached hydrogen (secondary N) is 4. The number of aliphatic carboxylic acids is 2. The molecule has 0 spiro atoms. The molecule has 0 aromatic heterocycles. The highest BCUT2D eigenvalue weighted by Gasteiger charge is 2.45.